The van der Waals surface area contributed by atoms with Gasteiger partial charge in [-0.3, -0.25) is 0 Å². The fourth-order valence-electron chi connectivity index (χ4n) is 2.82. The molecule has 0 aliphatic carbocycles. The van der Waals surface area contributed by atoms with Crippen molar-refractivity contribution < 1.29 is 39.4 Å². The number of unbranched alkanes of at least 4 members (excludes halogenated alkanes) is 4. The molecule has 0 aromatic rings. The first-order valence-corrected chi connectivity index (χ1v) is 10.2. The van der Waals surface area contributed by atoms with Gasteiger partial charge in [-0.25, -0.2) is 0 Å². The van der Waals surface area contributed by atoms with Gasteiger partial charge in [0.1, 0.15) is 30.5 Å². The van der Waals surface area contributed by atoms with Crippen molar-refractivity contribution in [1.82, 2.24) is 0 Å². The molecule has 0 aromatic carbocycles. The molecule has 8 heteroatoms. The van der Waals surface area contributed by atoms with Crippen molar-refractivity contribution in [2.45, 2.75) is 89.2 Å². The summed E-state index contributed by atoms with van der Waals surface area (Å²) in [4.78, 5) is 0. The Morgan fingerprint density at radius 2 is 1.52 bits per heavy atom. The normalized spacial score (nSPS) is 29.8. The van der Waals surface area contributed by atoms with Gasteiger partial charge in [0.2, 0.25) is 0 Å². The highest BCUT2D eigenvalue weighted by molar-refractivity contribution is 4.88. The molecular weight excluding hydrogens is 356 g/mol. The van der Waals surface area contributed by atoms with Crippen molar-refractivity contribution in [3.8, 4) is 0 Å². The monoisotopic (exact) mass is 394 g/mol. The first-order chi connectivity index (χ1) is 13.0. The molecule has 1 saturated heterocycles. The predicted molar refractivity (Wildman–Crippen MR) is 99.3 cm³/mol. The van der Waals surface area contributed by atoms with Gasteiger partial charge in [0.15, 0.2) is 6.29 Å². The number of aliphatic hydroxyl groups excluding tert-OH is 4. The Labute approximate surface area is 162 Å². The van der Waals surface area contributed by atoms with Crippen LogP contribution in [0.1, 0.15) is 52.4 Å². The van der Waals surface area contributed by atoms with Gasteiger partial charge >= 0.3 is 0 Å². The summed E-state index contributed by atoms with van der Waals surface area (Å²) in [6.45, 7) is 5.50. The summed E-state index contributed by atoms with van der Waals surface area (Å²) in [6.07, 6.45) is -0.349. The molecule has 1 heterocycles. The van der Waals surface area contributed by atoms with Crippen LogP contribution < -0.4 is 0 Å². The summed E-state index contributed by atoms with van der Waals surface area (Å²) < 4.78 is 22.4. The second-order valence-corrected chi connectivity index (χ2v) is 7.01. The van der Waals surface area contributed by atoms with Crippen molar-refractivity contribution in [3.63, 3.8) is 0 Å². The van der Waals surface area contributed by atoms with Crippen molar-refractivity contribution in [3.05, 3.63) is 0 Å². The van der Waals surface area contributed by atoms with Gasteiger partial charge in [-0.15, -0.1) is 0 Å². The molecule has 0 unspecified atom stereocenters. The standard InChI is InChI=1S/C19H38O8/c1-3-5-7-9-24-12-14(25-10-8-6-4-2)13-26-19-18(23)17(22)16(21)15(11-20)27-19/h14-23H,3-13H2,1-2H3/t14-,15-,16-,17+,18-,19-/m1/s1. The van der Waals surface area contributed by atoms with E-state index >= 15 is 0 Å². The lowest BCUT2D eigenvalue weighted by molar-refractivity contribution is -0.306. The fraction of sp³-hybridized carbons (Fsp3) is 1.00. The van der Waals surface area contributed by atoms with Gasteiger partial charge in [-0.1, -0.05) is 39.5 Å². The molecular formula is C19H38O8. The molecule has 6 atom stereocenters. The van der Waals surface area contributed by atoms with E-state index in [-0.39, 0.29) is 12.7 Å². The minimum Gasteiger partial charge on any atom is -0.394 e. The number of hydrogen-bond donors (Lipinski definition) is 4. The predicted octanol–water partition coefficient (Wildman–Crippen LogP) is 0.585. The average Bonchev–Trinajstić information content (AvgIpc) is 2.68. The van der Waals surface area contributed by atoms with Crippen LogP contribution in [0.2, 0.25) is 0 Å². The molecule has 1 fully saturated rings. The van der Waals surface area contributed by atoms with Crippen molar-refractivity contribution >= 4 is 0 Å². The second-order valence-electron chi connectivity index (χ2n) is 7.01. The third-order valence-corrected chi connectivity index (χ3v) is 4.59. The second kappa shape index (κ2) is 14.6. The van der Waals surface area contributed by atoms with Crippen LogP contribution in [0.4, 0.5) is 0 Å². The van der Waals surface area contributed by atoms with Gasteiger partial charge in [-0.2, -0.15) is 0 Å². The molecule has 4 N–H and O–H groups in total. The Hall–Kier alpha value is -0.320. The highest BCUT2D eigenvalue weighted by atomic mass is 16.7. The first-order valence-electron chi connectivity index (χ1n) is 10.2. The maximum atomic E-state index is 10.0. The molecule has 8 nitrogen and oxygen atoms in total. The van der Waals surface area contributed by atoms with E-state index in [9.17, 15) is 20.4 Å². The minimum atomic E-state index is -1.45. The first kappa shape index (κ1) is 24.7. The fourth-order valence-corrected chi connectivity index (χ4v) is 2.82. The van der Waals surface area contributed by atoms with Crippen LogP contribution in [-0.2, 0) is 18.9 Å². The van der Waals surface area contributed by atoms with Crippen LogP contribution >= 0.6 is 0 Å². The summed E-state index contributed by atoms with van der Waals surface area (Å²) in [5, 5.41) is 38.9. The lowest BCUT2D eigenvalue weighted by Gasteiger charge is -2.39. The zero-order valence-electron chi connectivity index (χ0n) is 16.7. The van der Waals surface area contributed by atoms with Crippen molar-refractivity contribution in [2.75, 3.05) is 33.0 Å². The summed E-state index contributed by atoms with van der Waals surface area (Å²) in [5.41, 5.74) is 0. The molecule has 27 heavy (non-hydrogen) atoms. The molecule has 0 bridgehead atoms. The number of aliphatic hydroxyl groups is 4. The maximum absolute atomic E-state index is 10.0. The Morgan fingerprint density at radius 1 is 0.852 bits per heavy atom. The largest absolute Gasteiger partial charge is 0.394 e. The van der Waals surface area contributed by atoms with Gasteiger partial charge in [0.25, 0.3) is 0 Å². The molecule has 1 aliphatic rings. The number of hydrogen-bond acceptors (Lipinski definition) is 8. The van der Waals surface area contributed by atoms with E-state index in [0.717, 1.165) is 38.5 Å². The van der Waals surface area contributed by atoms with Crippen molar-refractivity contribution in [1.29, 1.82) is 0 Å². The van der Waals surface area contributed by atoms with Gasteiger partial charge in [0.05, 0.1) is 19.8 Å². The molecule has 1 rings (SSSR count). The van der Waals surface area contributed by atoms with E-state index in [1.165, 1.54) is 0 Å². The zero-order valence-corrected chi connectivity index (χ0v) is 16.7. The van der Waals surface area contributed by atoms with E-state index in [1.54, 1.807) is 0 Å². The molecule has 0 saturated carbocycles. The molecule has 0 spiro atoms. The quantitative estimate of drug-likeness (QED) is 0.298. The summed E-state index contributed by atoms with van der Waals surface area (Å²) >= 11 is 0. The van der Waals surface area contributed by atoms with E-state index < -0.39 is 37.3 Å². The van der Waals surface area contributed by atoms with Crippen LogP contribution in [0.15, 0.2) is 0 Å². The van der Waals surface area contributed by atoms with E-state index in [4.69, 9.17) is 18.9 Å². The number of rotatable bonds is 15. The van der Waals surface area contributed by atoms with Crippen LogP contribution in [0.5, 0.6) is 0 Å². The Balaban J connectivity index is 2.46. The Bertz CT molecular complexity index is 355. The molecule has 1 aliphatic heterocycles. The average molecular weight is 395 g/mol. The lowest BCUT2D eigenvalue weighted by atomic mass is 9.99. The SMILES string of the molecule is CCCCCOC[C@H](CO[C@@H]1O[C@H](CO)[C@@H](O)[C@H](O)[C@H]1O)OCCCCC. The highest BCUT2D eigenvalue weighted by Crippen LogP contribution is 2.22. The third kappa shape index (κ3) is 9.15. The smallest absolute Gasteiger partial charge is 0.186 e. The topological polar surface area (TPSA) is 118 Å². The lowest BCUT2D eigenvalue weighted by Crippen LogP contribution is -2.59. The summed E-state index contributed by atoms with van der Waals surface area (Å²) in [6, 6.07) is 0. The highest BCUT2D eigenvalue weighted by Gasteiger charge is 2.44. The van der Waals surface area contributed by atoms with E-state index in [2.05, 4.69) is 13.8 Å². The van der Waals surface area contributed by atoms with Crippen LogP contribution in [-0.4, -0.2) is 90.3 Å². The third-order valence-electron chi connectivity index (χ3n) is 4.59. The van der Waals surface area contributed by atoms with Gasteiger partial charge in [-0.05, 0) is 12.8 Å². The van der Waals surface area contributed by atoms with E-state index in [1.807, 2.05) is 0 Å². The summed E-state index contributed by atoms with van der Waals surface area (Å²) in [5.74, 6) is 0. The van der Waals surface area contributed by atoms with Crippen LogP contribution in [0, 0.1) is 0 Å². The molecule has 0 amide bonds. The minimum absolute atomic E-state index is 0.114. The maximum Gasteiger partial charge on any atom is 0.186 e. The zero-order chi connectivity index (χ0) is 20.1. The van der Waals surface area contributed by atoms with Gasteiger partial charge in [0, 0.05) is 13.2 Å². The van der Waals surface area contributed by atoms with Crippen LogP contribution in [0.3, 0.4) is 0 Å². The molecule has 0 aromatic heterocycles. The van der Waals surface area contributed by atoms with Crippen molar-refractivity contribution in [2.24, 2.45) is 0 Å². The molecule has 0 radical (unpaired) electrons. The van der Waals surface area contributed by atoms with E-state index in [0.29, 0.717) is 19.8 Å². The Morgan fingerprint density at radius 3 is 2.15 bits per heavy atom. The Kier molecular flexibility index (Phi) is 13.4. The van der Waals surface area contributed by atoms with Gasteiger partial charge < -0.3 is 39.4 Å². The van der Waals surface area contributed by atoms with Crippen LogP contribution in [0.25, 0.3) is 0 Å². The molecule has 162 valence electrons. The summed E-state index contributed by atoms with van der Waals surface area (Å²) in [7, 11) is 0. The number of ether oxygens (including phenoxy) is 4.